The number of hydrogen-bond donors (Lipinski definition) is 5. The molecule has 5 amide bonds. The zero-order valence-corrected chi connectivity index (χ0v) is 85.4. The minimum atomic E-state index is -3.41. The van der Waals surface area contributed by atoms with Crippen LogP contribution in [0.5, 0.6) is 40.2 Å². The topological polar surface area (TPSA) is 399 Å². The number of nitrogens with one attached hydrogen (secondary N) is 2. The monoisotopic (exact) mass is 2060 g/mol. The summed E-state index contributed by atoms with van der Waals surface area (Å²) in [7, 11) is -10.2. The number of phenols is 3. The molecule has 14 rings (SSSR count). The van der Waals surface area contributed by atoms with Gasteiger partial charge in [-0.3, -0.25) is 12.5 Å². The summed E-state index contributed by atoms with van der Waals surface area (Å²) in [4.78, 5) is 66.1. The molecule has 142 heavy (non-hydrogen) atoms. The number of phenolic OH excluding ortho intramolecular Hbond substituents is 3. The van der Waals surface area contributed by atoms with Gasteiger partial charge >= 0.3 is 30.5 Å². The van der Waals surface area contributed by atoms with Crippen molar-refractivity contribution in [1.82, 2.24) is 35.1 Å². The molecule has 792 valence electrons. The number of amides is 5. The molecule has 0 bridgehead atoms. The number of piperidine rings is 7. The minimum absolute atomic E-state index is 0.0370. The van der Waals surface area contributed by atoms with E-state index in [1.54, 1.807) is 101 Å². The summed E-state index contributed by atoms with van der Waals surface area (Å²) in [6, 6.07) is 50.9. The van der Waals surface area contributed by atoms with E-state index in [-0.39, 0.29) is 97.0 Å². The summed E-state index contributed by atoms with van der Waals surface area (Å²) in [5, 5.41) is 32.5. The van der Waals surface area contributed by atoms with Crippen LogP contribution in [0.15, 0.2) is 188 Å². The van der Waals surface area contributed by atoms with Crippen LogP contribution in [-0.4, -0.2) is 285 Å². The SMILES string of the molecule is CCOC(=O)N1CCCC(COS(C)(=O)=O)C1.CCOC(=O)N1CCCC(COS(C)(=O)=O)C1.CCOC(=O)N1CCCC(COS(C)(=O)=O)C1.CCOC(=O)N1CCCC(COc2ccc(F)cc2)C1.CCOC(=O)N1CCCC(COc2ccccc2)C1.Fc1ccc(OCC2CCCNC2)cc1.Oc1ccc(F)cc1.Oc1cccc(F)c1.Oc1ccccc1.c1ccc(OCC2CCCNC2)cc1. The second-order valence-electron chi connectivity index (χ2n) is 34.2. The molecule has 7 fully saturated rings. The van der Waals surface area contributed by atoms with Gasteiger partial charge in [0.25, 0.3) is 30.4 Å². The van der Waals surface area contributed by atoms with Gasteiger partial charge in [-0.15, -0.1) is 0 Å². The van der Waals surface area contributed by atoms with Gasteiger partial charge in [0.05, 0.1) is 98.0 Å². The lowest BCUT2D eigenvalue weighted by Gasteiger charge is -2.31. The average Bonchev–Trinajstić information content (AvgIpc) is 0.889. The Balaban J connectivity index is 0.000000282. The molecule has 0 spiro atoms. The first-order valence-electron chi connectivity index (χ1n) is 48.3. The van der Waals surface area contributed by atoms with E-state index in [2.05, 4.69) is 10.6 Å². The Morgan fingerprint density at radius 2 is 0.535 bits per heavy atom. The van der Waals surface area contributed by atoms with Crippen LogP contribution < -0.4 is 29.6 Å². The number of para-hydroxylation sites is 3. The van der Waals surface area contributed by atoms with Crippen LogP contribution >= 0.6 is 0 Å². The van der Waals surface area contributed by atoms with Crippen LogP contribution in [0, 0.1) is 64.7 Å². The summed E-state index contributed by atoms with van der Waals surface area (Å²) in [6.45, 7) is 24.7. The normalized spacial score (nSPS) is 18.7. The van der Waals surface area contributed by atoms with Crippen LogP contribution in [0.2, 0.25) is 0 Å². The summed E-state index contributed by atoms with van der Waals surface area (Å²) in [5.74, 6) is 4.53. The number of ether oxygens (including phenoxy) is 9. The second-order valence-corrected chi connectivity index (χ2v) is 39.2. The van der Waals surface area contributed by atoms with Crippen LogP contribution in [0.25, 0.3) is 0 Å². The van der Waals surface area contributed by atoms with Gasteiger partial charge in [-0.2, -0.15) is 25.3 Å². The molecule has 0 aromatic heterocycles. The summed E-state index contributed by atoms with van der Waals surface area (Å²) < 4.78 is 176. The van der Waals surface area contributed by atoms with Crippen molar-refractivity contribution < 1.29 is 137 Å². The molecule has 7 aromatic rings. The molecule has 7 unspecified atom stereocenters. The van der Waals surface area contributed by atoms with E-state index in [0.717, 1.165) is 159 Å². The highest BCUT2D eigenvalue weighted by atomic mass is 32.2. The Hall–Kier alpha value is -11.1. The molecule has 7 heterocycles. The fraction of sp³-hybridized carbons (Fsp3) is 0.539. The Morgan fingerprint density at radius 3 is 0.761 bits per heavy atom. The smallest absolute Gasteiger partial charge is 0.409 e. The highest BCUT2D eigenvalue weighted by Crippen LogP contribution is 2.27. The highest BCUT2D eigenvalue weighted by Gasteiger charge is 2.31. The Labute approximate surface area is 835 Å². The predicted octanol–water partition coefficient (Wildman–Crippen LogP) is 17.2. The van der Waals surface area contributed by atoms with Gasteiger partial charge in [0.1, 0.15) is 63.5 Å². The van der Waals surface area contributed by atoms with Gasteiger partial charge in [0.15, 0.2) is 0 Å². The van der Waals surface area contributed by atoms with E-state index in [0.29, 0.717) is 127 Å². The summed E-state index contributed by atoms with van der Waals surface area (Å²) >= 11 is 0. The fourth-order valence-corrected chi connectivity index (χ4v) is 16.3. The standard InChI is InChI=1S/C15H20FNO3.C15H21NO3.C12H16FNO.C12H17NO.3C10H19NO5S.2C6H5FO.C6H6O/c1-2-19-15(18)17-9-3-4-12(10-17)11-20-14-7-5-13(16)6-8-14;1-2-18-15(17)16-10-6-7-13(11-16)12-19-14-8-4-3-5-9-14;13-11-3-5-12(6-4-11)15-9-10-2-1-7-14-8-10;1-2-6-12(7-3-1)14-10-11-5-4-8-13-9-11;3*1-3-15-10(12)11-6-4-5-9(7-11)8-16-17(2,13)14;7-5-1-3-6(8)4-2-5;7-5-2-1-3-6(8)4-5;7-6-4-2-1-3-5-6/h5-8,12H,2-4,9-11H2,1H3;3-5,8-9,13H,2,6-7,10-12H2,1H3;3-6,10,14H,1-2,7-9H2;1-3,6-7,11,13H,4-5,8-10H2;3*9H,3-8H2,1-2H3;2*1-4,8H;1-5,7H. The average molecular weight is 2060 g/mol. The Kier molecular flexibility index (Phi) is 59.6. The summed E-state index contributed by atoms with van der Waals surface area (Å²) in [5.41, 5.74) is 0. The number of nitrogens with zero attached hydrogens (tertiary/aromatic N) is 5. The van der Waals surface area contributed by atoms with Gasteiger partial charge < -0.3 is 93.1 Å². The van der Waals surface area contributed by atoms with Crippen molar-refractivity contribution in [2.75, 3.05) is 190 Å². The fourth-order valence-electron chi connectivity index (χ4n) is 15.0. The number of carbonyl (C=O) groups is 5. The molecule has 7 atom stereocenters. The molecule has 0 saturated carbocycles. The van der Waals surface area contributed by atoms with Crippen molar-refractivity contribution in [2.45, 2.75) is 125 Å². The molecule has 0 radical (unpaired) electrons. The number of aromatic hydroxyl groups is 3. The predicted molar refractivity (Wildman–Crippen MR) is 532 cm³/mol. The van der Waals surface area contributed by atoms with Crippen molar-refractivity contribution in [3.05, 3.63) is 211 Å². The van der Waals surface area contributed by atoms with Crippen LogP contribution in [0.1, 0.15) is 125 Å². The molecule has 7 aliphatic heterocycles. The number of halogens is 4. The van der Waals surface area contributed by atoms with Gasteiger partial charge in [-0.25, -0.2) is 41.5 Å². The molecule has 33 nitrogen and oxygen atoms in total. The molecule has 5 N–H and O–H groups in total. The number of likely N-dealkylation sites (tertiary alicyclic amines) is 5. The zero-order chi connectivity index (χ0) is 104. The third-order valence-electron chi connectivity index (χ3n) is 22.0. The van der Waals surface area contributed by atoms with Crippen molar-refractivity contribution >= 4 is 60.8 Å². The molecule has 7 aliphatic rings. The first-order chi connectivity index (χ1) is 68.0. The second kappa shape index (κ2) is 69.7. The quantitative estimate of drug-likeness (QED) is 0.0191. The van der Waals surface area contributed by atoms with E-state index < -0.39 is 36.2 Å². The van der Waals surface area contributed by atoms with Crippen molar-refractivity contribution in [2.24, 2.45) is 41.4 Å². The maximum absolute atomic E-state index is 12.8. The Morgan fingerprint density at radius 1 is 0.296 bits per heavy atom. The lowest BCUT2D eigenvalue weighted by atomic mass is 9.99. The van der Waals surface area contributed by atoms with Crippen molar-refractivity contribution in [3.63, 3.8) is 0 Å². The van der Waals surface area contributed by atoms with Gasteiger partial charge in [-0.05, 0) is 259 Å². The van der Waals surface area contributed by atoms with E-state index in [1.807, 2.05) is 73.7 Å². The largest absolute Gasteiger partial charge is 0.508 e. The minimum Gasteiger partial charge on any atom is -0.508 e. The lowest BCUT2D eigenvalue weighted by molar-refractivity contribution is 0.0783. The van der Waals surface area contributed by atoms with Crippen LogP contribution in [-0.2, 0) is 66.6 Å². The molecule has 7 aromatic carbocycles. The van der Waals surface area contributed by atoms with Crippen LogP contribution in [0.4, 0.5) is 41.5 Å². The third-order valence-corrected chi connectivity index (χ3v) is 23.7. The van der Waals surface area contributed by atoms with Crippen molar-refractivity contribution in [3.8, 4) is 40.2 Å². The molecule has 7 saturated heterocycles. The molecular weight excluding hydrogens is 1910 g/mol. The van der Waals surface area contributed by atoms with Crippen LogP contribution in [0.3, 0.4) is 0 Å². The first-order valence-corrected chi connectivity index (χ1v) is 53.7. The molecule has 40 heteroatoms. The van der Waals surface area contributed by atoms with Gasteiger partial charge in [0.2, 0.25) is 0 Å². The lowest BCUT2D eigenvalue weighted by Crippen LogP contribution is -2.41. The van der Waals surface area contributed by atoms with E-state index >= 15 is 0 Å². The third kappa shape index (κ3) is 57.2. The van der Waals surface area contributed by atoms with E-state index in [1.165, 1.54) is 99.0 Å². The maximum Gasteiger partial charge on any atom is 0.409 e. The number of hydrogen-bond acceptors (Lipinski definition) is 28. The zero-order valence-electron chi connectivity index (χ0n) is 82.9. The highest BCUT2D eigenvalue weighted by molar-refractivity contribution is 7.86. The number of carbonyl (C=O) groups excluding carboxylic acids is 5. The first kappa shape index (κ1) is 121. The van der Waals surface area contributed by atoms with Gasteiger partial charge in [-0.1, -0.05) is 60.7 Å². The van der Waals surface area contributed by atoms with Gasteiger partial charge in [0, 0.05) is 126 Å². The molecular formula is C102H147F4N7O26S3. The van der Waals surface area contributed by atoms with E-state index in [4.69, 9.17) is 70.5 Å². The van der Waals surface area contributed by atoms with Crippen molar-refractivity contribution in [1.29, 1.82) is 0 Å². The Bertz CT molecular complexity index is 4760. The maximum atomic E-state index is 12.8. The number of benzene rings is 7. The number of rotatable bonds is 26. The van der Waals surface area contributed by atoms with E-state index in [9.17, 15) is 66.8 Å². The summed E-state index contributed by atoms with van der Waals surface area (Å²) in [6.07, 6.45) is 15.9. The molecule has 0 aliphatic carbocycles.